The molecule has 0 atom stereocenters. The van der Waals surface area contributed by atoms with Crippen LogP contribution in [0.15, 0.2) is 46.9 Å². The second-order valence-electron chi connectivity index (χ2n) is 8.37. The van der Waals surface area contributed by atoms with Gasteiger partial charge in [0.15, 0.2) is 5.11 Å². The van der Waals surface area contributed by atoms with Crippen molar-refractivity contribution in [1.29, 1.82) is 0 Å². The first-order valence-electron chi connectivity index (χ1n) is 11.7. The summed E-state index contributed by atoms with van der Waals surface area (Å²) in [6.45, 7) is 7.88. The highest BCUT2D eigenvalue weighted by molar-refractivity contribution is 9.10. The summed E-state index contributed by atoms with van der Waals surface area (Å²) >= 11 is 8.77. The molecule has 0 radical (unpaired) electrons. The quantitative estimate of drug-likeness (QED) is 0.207. The Hall–Kier alpha value is -2.12. The van der Waals surface area contributed by atoms with Gasteiger partial charge in [-0.3, -0.25) is 10.1 Å². The number of carbonyl (C=O) groups excluding carboxylic acids is 1. The predicted molar refractivity (Wildman–Crippen MR) is 143 cm³/mol. The van der Waals surface area contributed by atoms with Crippen molar-refractivity contribution in [1.82, 2.24) is 5.32 Å². The van der Waals surface area contributed by atoms with E-state index in [9.17, 15) is 4.79 Å². The van der Waals surface area contributed by atoms with Crippen LogP contribution in [-0.2, 0) is 0 Å². The van der Waals surface area contributed by atoms with Gasteiger partial charge in [0, 0.05) is 11.3 Å². The van der Waals surface area contributed by atoms with Gasteiger partial charge >= 0.3 is 0 Å². The molecule has 0 aliphatic heterocycles. The number of thiocarbonyl (C=S) groups is 1. The first-order valence-corrected chi connectivity index (χ1v) is 12.9. The number of amides is 1. The Balaban J connectivity index is 1.78. The molecule has 0 unspecified atom stereocenters. The van der Waals surface area contributed by atoms with Crippen molar-refractivity contribution in [3.05, 3.63) is 52.5 Å². The maximum Gasteiger partial charge on any atom is 0.257 e. The van der Waals surface area contributed by atoms with Gasteiger partial charge in [0.1, 0.15) is 11.5 Å². The van der Waals surface area contributed by atoms with Crippen LogP contribution < -0.4 is 20.1 Å². The van der Waals surface area contributed by atoms with Crippen LogP contribution in [0.3, 0.4) is 0 Å². The largest absolute Gasteiger partial charge is 0.494 e. The lowest BCUT2D eigenvalue weighted by molar-refractivity contribution is 0.0977. The molecule has 0 aliphatic rings. The summed E-state index contributed by atoms with van der Waals surface area (Å²) in [6.07, 6.45) is 7.03. The van der Waals surface area contributed by atoms with Gasteiger partial charge in [-0.25, -0.2) is 0 Å². The smallest absolute Gasteiger partial charge is 0.257 e. The number of anilines is 1. The Labute approximate surface area is 211 Å². The minimum atomic E-state index is -0.287. The number of carbonyl (C=O) groups is 1. The first-order chi connectivity index (χ1) is 15.9. The van der Waals surface area contributed by atoms with Gasteiger partial charge < -0.3 is 14.8 Å². The first kappa shape index (κ1) is 27.1. The van der Waals surface area contributed by atoms with Crippen LogP contribution in [0.5, 0.6) is 11.5 Å². The molecule has 33 heavy (non-hydrogen) atoms. The van der Waals surface area contributed by atoms with Crippen LogP contribution in [0, 0.1) is 5.92 Å². The molecule has 5 nitrogen and oxygen atoms in total. The van der Waals surface area contributed by atoms with Crippen molar-refractivity contribution in [2.24, 2.45) is 5.92 Å². The molecule has 0 aliphatic carbocycles. The number of hydrogen-bond donors (Lipinski definition) is 2. The Bertz CT molecular complexity index is 888. The van der Waals surface area contributed by atoms with Crippen molar-refractivity contribution >= 4 is 44.9 Å². The van der Waals surface area contributed by atoms with E-state index in [4.69, 9.17) is 21.7 Å². The summed E-state index contributed by atoms with van der Waals surface area (Å²) in [5.74, 6) is 1.83. The number of benzene rings is 2. The molecular weight excluding hydrogens is 500 g/mol. The maximum absolute atomic E-state index is 12.6. The summed E-state index contributed by atoms with van der Waals surface area (Å²) in [7, 11) is 0. The number of halogens is 1. The summed E-state index contributed by atoms with van der Waals surface area (Å²) in [5, 5.41) is 5.98. The summed E-state index contributed by atoms with van der Waals surface area (Å²) in [5.41, 5.74) is 1.27. The van der Waals surface area contributed by atoms with E-state index in [1.807, 2.05) is 24.3 Å². The zero-order valence-corrected chi connectivity index (χ0v) is 22.2. The average molecular weight is 536 g/mol. The van der Waals surface area contributed by atoms with Crippen molar-refractivity contribution < 1.29 is 14.3 Å². The van der Waals surface area contributed by atoms with Gasteiger partial charge in [0.2, 0.25) is 0 Å². The van der Waals surface area contributed by atoms with E-state index in [2.05, 4.69) is 47.3 Å². The highest BCUT2D eigenvalue weighted by Crippen LogP contribution is 2.26. The van der Waals surface area contributed by atoms with E-state index < -0.39 is 0 Å². The summed E-state index contributed by atoms with van der Waals surface area (Å²) in [6, 6.07) is 12.8. The molecule has 2 rings (SSSR count). The maximum atomic E-state index is 12.6. The van der Waals surface area contributed by atoms with E-state index in [0.717, 1.165) is 41.1 Å². The summed E-state index contributed by atoms with van der Waals surface area (Å²) in [4.78, 5) is 12.6. The fourth-order valence-electron chi connectivity index (χ4n) is 3.03. The van der Waals surface area contributed by atoms with Crippen molar-refractivity contribution in [2.45, 2.75) is 59.3 Å². The SMILES string of the molecule is CCCCCCCOc1ccc(NC(=S)NC(=O)c2ccc(OCCC(C)C)c(Br)c2)cc1. The van der Waals surface area contributed by atoms with Crippen LogP contribution in [-0.4, -0.2) is 24.2 Å². The van der Waals surface area contributed by atoms with Crippen molar-refractivity contribution in [2.75, 3.05) is 18.5 Å². The van der Waals surface area contributed by atoms with Gasteiger partial charge in [-0.05, 0) is 89.4 Å². The van der Waals surface area contributed by atoms with E-state index in [1.165, 1.54) is 25.7 Å². The molecule has 0 spiro atoms. The Morgan fingerprint density at radius 2 is 1.73 bits per heavy atom. The molecule has 0 aromatic heterocycles. The highest BCUT2D eigenvalue weighted by Gasteiger charge is 2.11. The lowest BCUT2D eigenvalue weighted by Gasteiger charge is -2.12. The van der Waals surface area contributed by atoms with Crippen LogP contribution in [0.25, 0.3) is 0 Å². The number of rotatable bonds is 13. The highest BCUT2D eigenvalue weighted by atomic mass is 79.9. The van der Waals surface area contributed by atoms with E-state index in [0.29, 0.717) is 18.1 Å². The number of ether oxygens (including phenoxy) is 2. The molecule has 7 heteroatoms. The van der Waals surface area contributed by atoms with Crippen LogP contribution in [0.1, 0.15) is 69.7 Å². The van der Waals surface area contributed by atoms with Gasteiger partial charge in [-0.15, -0.1) is 0 Å². The van der Waals surface area contributed by atoms with E-state index in [-0.39, 0.29) is 11.0 Å². The minimum absolute atomic E-state index is 0.234. The van der Waals surface area contributed by atoms with Crippen LogP contribution >= 0.6 is 28.1 Å². The lowest BCUT2D eigenvalue weighted by Crippen LogP contribution is -2.34. The van der Waals surface area contributed by atoms with Crippen LogP contribution in [0.4, 0.5) is 5.69 Å². The predicted octanol–water partition coefficient (Wildman–Crippen LogP) is 7.35. The molecule has 2 aromatic rings. The third-order valence-electron chi connectivity index (χ3n) is 5.00. The molecule has 2 N–H and O–H groups in total. The Morgan fingerprint density at radius 3 is 2.39 bits per heavy atom. The summed E-state index contributed by atoms with van der Waals surface area (Å²) < 4.78 is 12.3. The van der Waals surface area contributed by atoms with E-state index >= 15 is 0 Å². The monoisotopic (exact) mass is 534 g/mol. The number of nitrogens with one attached hydrogen (secondary N) is 2. The standard InChI is InChI=1S/C26H35BrN2O3S/c1-4-5-6-7-8-16-31-22-12-10-21(11-13-22)28-26(33)29-25(30)20-9-14-24(23(27)18-20)32-17-15-19(2)3/h9-14,18-19H,4-8,15-17H2,1-3H3,(H2,28,29,30,33). The lowest BCUT2D eigenvalue weighted by atomic mass is 10.1. The average Bonchev–Trinajstić information content (AvgIpc) is 2.78. The van der Waals surface area contributed by atoms with Gasteiger partial charge in [-0.1, -0.05) is 46.5 Å². The minimum Gasteiger partial charge on any atom is -0.494 e. The molecule has 2 aromatic carbocycles. The Kier molecular flexibility index (Phi) is 12.3. The Morgan fingerprint density at radius 1 is 1.00 bits per heavy atom. The molecule has 0 fully saturated rings. The molecule has 1 amide bonds. The fourth-order valence-corrected chi connectivity index (χ4v) is 3.74. The van der Waals surface area contributed by atoms with Gasteiger partial charge in [-0.2, -0.15) is 0 Å². The topological polar surface area (TPSA) is 59.6 Å². The third-order valence-corrected chi connectivity index (χ3v) is 5.83. The second kappa shape index (κ2) is 14.9. The van der Waals surface area contributed by atoms with Crippen LogP contribution in [0.2, 0.25) is 0 Å². The zero-order chi connectivity index (χ0) is 24.1. The molecule has 0 saturated heterocycles. The normalized spacial score (nSPS) is 10.7. The zero-order valence-electron chi connectivity index (χ0n) is 19.8. The van der Waals surface area contributed by atoms with E-state index in [1.54, 1.807) is 18.2 Å². The van der Waals surface area contributed by atoms with Crippen molar-refractivity contribution in [3.8, 4) is 11.5 Å². The molecule has 180 valence electrons. The van der Waals surface area contributed by atoms with Gasteiger partial charge in [0.05, 0.1) is 17.7 Å². The van der Waals surface area contributed by atoms with Gasteiger partial charge in [0.25, 0.3) is 5.91 Å². The second-order valence-corrected chi connectivity index (χ2v) is 9.63. The molecule has 0 saturated carbocycles. The number of unbranched alkanes of at least 4 members (excludes halogenated alkanes) is 4. The molecular formula is C26H35BrN2O3S. The molecule has 0 heterocycles. The number of hydrogen-bond acceptors (Lipinski definition) is 4. The molecule has 0 bridgehead atoms. The fraction of sp³-hybridized carbons (Fsp3) is 0.462. The van der Waals surface area contributed by atoms with Crippen molar-refractivity contribution in [3.63, 3.8) is 0 Å². The third kappa shape index (κ3) is 10.6.